The Morgan fingerprint density at radius 1 is 1.09 bits per heavy atom. The molecule has 2 unspecified atom stereocenters. The third-order valence-corrected chi connectivity index (χ3v) is 7.78. The molecule has 0 N–H and O–H groups in total. The number of benzene rings is 1. The van der Waals surface area contributed by atoms with Crippen molar-refractivity contribution < 1.29 is 9.53 Å². The lowest BCUT2D eigenvalue weighted by molar-refractivity contribution is 0.0967. The van der Waals surface area contributed by atoms with Crippen LogP contribution in [0, 0.1) is 5.92 Å². The number of pyridine rings is 1. The fraction of sp³-hybridized carbons (Fsp3) is 0.556. The largest absolute Gasteiger partial charge is 0.497 e. The topological polar surface area (TPSA) is 45.7 Å². The summed E-state index contributed by atoms with van der Waals surface area (Å²) in [5.41, 5.74) is 2.07. The maximum Gasteiger partial charge on any atom is 0.167 e. The van der Waals surface area contributed by atoms with Crippen molar-refractivity contribution in [1.82, 2.24) is 4.98 Å². The minimum absolute atomic E-state index is 0.249. The van der Waals surface area contributed by atoms with E-state index < -0.39 is 0 Å². The first-order valence-corrected chi connectivity index (χ1v) is 12.3. The van der Waals surface area contributed by atoms with Gasteiger partial charge in [-0.1, -0.05) is 6.92 Å². The smallest absolute Gasteiger partial charge is 0.167 e. The van der Waals surface area contributed by atoms with Gasteiger partial charge in [0.1, 0.15) is 11.6 Å². The third kappa shape index (κ3) is 3.98. The van der Waals surface area contributed by atoms with Crippen LogP contribution < -0.4 is 14.5 Å². The normalized spacial score (nSPS) is 25.5. The number of aromatic nitrogens is 1. The summed E-state index contributed by atoms with van der Waals surface area (Å²) in [6.45, 7) is 4.62. The second-order valence-electron chi connectivity index (χ2n) is 9.82. The van der Waals surface area contributed by atoms with Gasteiger partial charge < -0.3 is 14.5 Å². The van der Waals surface area contributed by atoms with Crippen molar-refractivity contribution >= 4 is 17.3 Å². The number of hydrogen-bond acceptors (Lipinski definition) is 5. The molecule has 0 radical (unpaired) electrons. The lowest BCUT2D eigenvalue weighted by Crippen LogP contribution is -2.53. The van der Waals surface area contributed by atoms with Gasteiger partial charge in [-0.2, -0.15) is 0 Å². The van der Waals surface area contributed by atoms with Crippen molar-refractivity contribution in [3.63, 3.8) is 0 Å². The summed E-state index contributed by atoms with van der Waals surface area (Å²) in [7, 11) is 1.72. The third-order valence-electron chi connectivity index (χ3n) is 7.78. The monoisotopic (exact) mass is 433 g/mol. The highest BCUT2D eigenvalue weighted by Crippen LogP contribution is 2.42. The average Bonchev–Trinajstić information content (AvgIpc) is 3.64. The molecule has 1 saturated carbocycles. The van der Waals surface area contributed by atoms with Gasteiger partial charge in [0.2, 0.25) is 0 Å². The van der Waals surface area contributed by atoms with E-state index in [1.165, 1.54) is 18.5 Å². The Morgan fingerprint density at radius 2 is 1.78 bits per heavy atom. The Balaban J connectivity index is 1.34. The molecule has 2 saturated heterocycles. The minimum atomic E-state index is 0.249. The fourth-order valence-electron chi connectivity index (χ4n) is 5.79. The average molecular weight is 434 g/mol. The lowest BCUT2D eigenvalue weighted by atomic mass is 9.93. The zero-order valence-corrected chi connectivity index (χ0v) is 19.5. The predicted molar refractivity (Wildman–Crippen MR) is 129 cm³/mol. The van der Waals surface area contributed by atoms with E-state index in [-0.39, 0.29) is 11.7 Å². The number of methoxy groups -OCH3 is 1. The molecule has 1 aliphatic carbocycles. The van der Waals surface area contributed by atoms with E-state index in [9.17, 15) is 4.79 Å². The van der Waals surface area contributed by atoms with Crippen LogP contribution >= 0.6 is 0 Å². The summed E-state index contributed by atoms with van der Waals surface area (Å²) in [4.78, 5) is 22.3. The van der Waals surface area contributed by atoms with Crippen LogP contribution in [-0.4, -0.2) is 42.0 Å². The van der Waals surface area contributed by atoms with Gasteiger partial charge in [0, 0.05) is 47.5 Å². The van der Waals surface area contributed by atoms with Crippen LogP contribution in [0.3, 0.4) is 0 Å². The van der Waals surface area contributed by atoms with Crippen molar-refractivity contribution in [2.75, 3.05) is 16.9 Å². The van der Waals surface area contributed by atoms with Crippen molar-refractivity contribution in [2.24, 2.45) is 5.92 Å². The molecule has 5 heteroatoms. The van der Waals surface area contributed by atoms with Crippen LogP contribution in [0.2, 0.25) is 0 Å². The molecule has 3 atom stereocenters. The van der Waals surface area contributed by atoms with Crippen LogP contribution in [0.5, 0.6) is 5.75 Å². The molecule has 1 aromatic heterocycles. The lowest BCUT2D eigenvalue weighted by Gasteiger charge is -2.46. The van der Waals surface area contributed by atoms with Crippen LogP contribution in [0.1, 0.15) is 69.2 Å². The standard InChI is InChI=1S/C27H35N3O2/c1-4-18(2)29(21-10-12-25(32-3)13-11-21)24-15-22-8-9-23(16-24)30(22)26-14-7-20(17-28-26)27(31)19-5-6-19/h7,10-14,17-19,22-24H,4-6,8-9,15-16H2,1-3H3/t18-,22?,23?,24?/m1/s1. The Labute approximate surface area is 191 Å². The van der Waals surface area contributed by atoms with Gasteiger partial charge in [-0.3, -0.25) is 4.79 Å². The van der Waals surface area contributed by atoms with Crippen LogP contribution in [0.25, 0.3) is 0 Å². The Bertz CT molecular complexity index is 924. The maximum atomic E-state index is 12.4. The zero-order valence-electron chi connectivity index (χ0n) is 19.5. The Kier molecular flexibility index (Phi) is 5.83. The molecule has 3 aliphatic rings. The van der Waals surface area contributed by atoms with Crippen LogP contribution in [0.4, 0.5) is 11.5 Å². The number of piperidine rings is 1. The number of ketones is 1. The molecule has 170 valence electrons. The molecule has 3 heterocycles. The van der Waals surface area contributed by atoms with E-state index in [0.29, 0.717) is 24.2 Å². The number of ether oxygens (including phenoxy) is 1. The molecule has 5 nitrogen and oxygen atoms in total. The van der Waals surface area contributed by atoms with Gasteiger partial charge in [-0.25, -0.2) is 4.98 Å². The molecule has 2 aliphatic heterocycles. The first-order valence-electron chi connectivity index (χ1n) is 12.3. The molecule has 0 amide bonds. The quantitative estimate of drug-likeness (QED) is 0.515. The van der Waals surface area contributed by atoms with E-state index in [1.807, 2.05) is 12.3 Å². The highest BCUT2D eigenvalue weighted by atomic mass is 16.5. The molecule has 3 fully saturated rings. The molecule has 0 spiro atoms. The van der Waals surface area contributed by atoms with Crippen LogP contribution in [0.15, 0.2) is 42.6 Å². The Hall–Kier alpha value is -2.56. The molecule has 5 rings (SSSR count). The van der Waals surface area contributed by atoms with Crippen LogP contribution in [-0.2, 0) is 0 Å². The molecule has 2 bridgehead atoms. The molecule has 1 aromatic carbocycles. The van der Waals surface area contributed by atoms with Gasteiger partial charge in [0.25, 0.3) is 0 Å². The Morgan fingerprint density at radius 3 is 2.31 bits per heavy atom. The minimum Gasteiger partial charge on any atom is -0.497 e. The van der Waals surface area contributed by atoms with Crippen molar-refractivity contribution in [3.8, 4) is 5.75 Å². The van der Waals surface area contributed by atoms with E-state index in [1.54, 1.807) is 7.11 Å². The van der Waals surface area contributed by atoms with Gasteiger partial charge in [0.05, 0.1) is 7.11 Å². The van der Waals surface area contributed by atoms with Gasteiger partial charge in [-0.15, -0.1) is 0 Å². The number of carbonyl (C=O) groups excluding carboxylic acids is 1. The van der Waals surface area contributed by atoms with Gasteiger partial charge >= 0.3 is 0 Å². The summed E-state index contributed by atoms with van der Waals surface area (Å²) in [6.07, 6.45) is 9.77. The maximum absolute atomic E-state index is 12.4. The van der Waals surface area contributed by atoms with E-state index in [0.717, 1.165) is 49.2 Å². The van der Waals surface area contributed by atoms with Crippen molar-refractivity contribution in [2.45, 2.75) is 83.0 Å². The van der Waals surface area contributed by atoms with Crippen molar-refractivity contribution in [3.05, 3.63) is 48.2 Å². The molecule has 32 heavy (non-hydrogen) atoms. The highest BCUT2D eigenvalue weighted by Gasteiger charge is 2.44. The van der Waals surface area contributed by atoms with E-state index in [4.69, 9.17) is 9.72 Å². The predicted octanol–water partition coefficient (Wildman–Crippen LogP) is 5.49. The number of fused-ring (bicyclic) bond motifs is 2. The van der Waals surface area contributed by atoms with E-state index in [2.05, 4.69) is 54.0 Å². The number of rotatable bonds is 8. The number of anilines is 2. The number of nitrogens with zero attached hydrogens (tertiary/aromatic N) is 3. The number of carbonyl (C=O) groups is 1. The molecule has 2 aromatic rings. The van der Waals surface area contributed by atoms with Crippen molar-refractivity contribution in [1.29, 1.82) is 0 Å². The second kappa shape index (κ2) is 8.76. The number of Topliss-reactive ketones (excluding diaryl/α,β-unsaturated/α-hetero) is 1. The summed E-state index contributed by atoms with van der Waals surface area (Å²) < 4.78 is 5.37. The summed E-state index contributed by atoms with van der Waals surface area (Å²) in [5.74, 6) is 2.47. The fourth-order valence-corrected chi connectivity index (χ4v) is 5.79. The number of hydrogen-bond donors (Lipinski definition) is 0. The molecular weight excluding hydrogens is 398 g/mol. The molecular formula is C27H35N3O2. The summed E-state index contributed by atoms with van der Waals surface area (Å²) in [5, 5.41) is 0. The zero-order chi connectivity index (χ0) is 22.2. The second-order valence-corrected chi connectivity index (χ2v) is 9.82. The first-order chi connectivity index (χ1) is 15.6. The summed E-state index contributed by atoms with van der Waals surface area (Å²) >= 11 is 0. The SMILES string of the molecule is CC[C@@H](C)N(c1ccc(OC)cc1)C1CC2CCC(C1)N2c1ccc(C(=O)C2CC2)cn1. The van der Waals surface area contributed by atoms with Gasteiger partial charge in [0.15, 0.2) is 5.78 Å². The highest BCUT2D eigenvalue weighted by molar-refractivity contribution is 5.99. The van der Waals surface area contributed by atoms with Gasteiger partial charge in [-0.05, 0) is 88.3 Å². The summed E-state index contributed by atoms with van der Waals surface area (Å²) in [6, 6.07) is 14.7. The van der Waals surface area contributed by atoms with E-state index >= 15 is 0 Å². The first kappa shape index (κ1) is 21.3.